The van der Waals surface area contributed by atoms with Crippen LogP contribution in [-0.2, 0) is 4.79 Å². The number of amides is 1. The Morgan fingerprint density at radius 3 is 2.38 bits per heavy atom. The normalized spacial score (nSPS) is 37.0. The maximum absolute atomic E-state index is 11.7. The Labute approximate surface area is 80.1 Å². The molecule has 0 bridgehead atoms. The van der Waals surface area contributed by atoms with E-state index >= 15 is 0 Å². The van der Waals surface area contributed by atoms with Crippen molar-refractivity contribution in [3.05, 3.63) is 0 Å². The molecule has 0 aromatic carbocycles. The Morgan fingerprint density at radius 1 is 1.31 bits per heavy atom. The summed E-state index contributed by atoms with van der Waals surface area (Å²) in [6.07, 6.45) is 3.89. The van der Waals surface area contributed by atoms with Crippen molar-refractivity contribution >= 4 is 5.91 Å². The monoisotopic (exact) mass is 181 g/mol. The number of nitrogens with one attached hydrogen (secondary N) is 1. The van der Waals surface area contributed by atoms with Crippen LogP contribution in [-0.4, -0.2) is 11.9 Å². The molecule has 13 heavy (non-hydrogen) atoms. The molecule has 0 aromatic heterocycles. The zero-order valence-electron chi connectivity index (χ0n) is 8.76. The van der Waals surface area contributed by atoms with E-state index in [0.29, 0.717) is 6.04 Å². The summed E-state index contributed by atoms with van der Waals surface area (Å²) in [5.41, 5.74) is -0.229. The molecule has 3 unspecified atom stereocenters. The summed E-state index contributed by atoms with van der Waals surface area (Å²) < 4.78 is 0. The van der Waals surface area contributed by atoms with Crippen LogP contribution < -0.4 is 5.32 Å². The highest BCUT2D eigenvalue weighted by Gasteiger charge is 2.48. The van der Waals surface area contributed by atoms with Gasteiger partial charge in [-0.1, -0.05) is 20.8 Å². The highest BCUT2D eigenvalue weighted by molar-refractivity contribution is 5.81. The van der Waals surface area contributed by atoms with Crippen molar-refractivity contribution in [3.63, 3.8) is 0 Å². The zero-order chi connectivity index (χ0) is 9.64. The average Bonchev–Trinajstić information content (AvgIpc) is 2.68. The molecule has 0 spiro atoms. The number of carbonyl (C=O) groups is 1. The fourth-order valence-electron chi connectivity index (χ4n) is 2.27. The van der Waals surface area contributed by atoms with Crippen LogP contribution >= 0.6 is 0 Å². The first kappa shape index (κ1) is 9.04. The molecule has 0 aliphatic heterocycles. The summed E-state index contributed by atoms with van der Waals surface area (Å²) in [5.74, 6) is 1.99. The third kappa shape index (κ3) is 1.72. The molecule has 2 saturated carbocycles. The van der Waals surface area contributed by atoms with Gasteiger partial charge in [0, 0.05) is 11.5 Å². The first-order valence-electron chi connectivity index (χ1n) is 5.29. The van der Waals surface area contributed by atoms with Gasteiger partial charge in [-0.25, -0.2) is 0 Å². The predicted octanol–water partition coefficient (Wildman–Crippen LogP) is 1.95. The number of carbonyl (C=O) groups excluding carboxylic acids is 1. The quantitative estimate of drug-likeness (QED) is 0.658. The van der Waals surface area contributed by atoms with Crippen molar-refractivity contribution in [2.75, 3.05) is 0 Å². The molecular weight excluding hydrogens is 162 g/mol. The van der Waals surface area contributed by atoms with E-state index in [0.717, 1.165) is 11.8 Å². The molecule has 2 aliphatic carbocycles. The SMILES string of the molecule is CC(C)(C)C(=O)NC1CCC2CC21. The first-order valence-corrected chi connectivity index (χ1v) is 5.29. The Hall–Kier alpha value is -0.530. The summed E-state index contributed by atoms with van der Waals surface area (Å²) >= 11 is 0. The lowest BCUT2D eigenvalue weighted by Crippen LogP contribution is -2.41. The van der Waals surface area contributed by atoms with Crippen LogP contribution in [0.15, 0.2) is 0 Å². The minimum Gasteiger partial charge on any atom is -0.353 e. The molecule has 2 aliphatic rings. The third-order valence-electron chi connectivity index (χ3n) is 3.34. The van der Waals surface area contributed by atoms with Gasteiger partial charge in [-0.05, 0) is 31.1 Å². The zero-order valence-corrected chi connectivity index (χ0v) is 8.76. The Kier molecular flexibility index (Phi) is 1.90. The molecular formula is C11H19NO. The standard InChI is InChI=1S/C11H19NO/c1-11(2,3)10(13)12-9-5-4-7-6-8(7)9/h7-9H,4-6H2,1-3H3,(H,12,13). The van der Waals surface area contributed by atoms with Gasteiger partial charge in [0.05, 0.1) is 0 Å². The smallest absolute Gasteiger partial charge is 0.225 e. The molecule has 2 heteroatoms. The fourth-order valence-corrected chi connectivity index (χ4v) is 2.27. The van der Waals surface area contributed by atoms with Gasteiger partial charge in [0.1, 0.15) is 0 Å². The van der Waals surface area contributed by atoms with E-state index < -0.39 is 0 Å². The van der Waals surface area contributed by atoms with Gasteiger partial charge < -0.3 is 5.32 Å². The first-order chi connectivity index (χ1) is 5.98. The van der Waals surface area contributed by atoms with Crippen molar-refractivity contribution in [3.8, 4) is 0 Å². The summed E-state index contributed by atoms with van der Waals surface area (Å²) in [6.45, 7) is 5.92. The van der Waals surface area contributed by atoms with Crippen LogP contribution in [0.2, 0.25) is 0 Å². The van der Waals surface area contributed by atoms with Gasteiger partial charge in [-0.2, -0.15) is 0 Å². The molecule has 2 rings (SSSR count). The second-order valence-corrected chi connectivity index (χ2v) is 5.57. The highest BCUT2D eigenvalue weighted by atomic mass is 16.2. The van der Waals surface area contributed by atoms with E-state index in [4.69, 9.17) is 0 Å². The Balaban J connectivity index is 1.87. The largest absolute Gasteiger partial charge is 0.353 e. The van der Waals surface area contributed by atoms with Gasteiger partial charge >= 0.3 is 0 Å². The van der Waals surface area contributed by atoms with Crippen LogP contribution in [0.1, 0.15) is 40.0 Å². The molecule has 2 fully saturated rings. The summed E-state index contributed by atoms with van der Waals surface area (Å²) in [4.78, 5) is 11.7. The van der Waals surface area contributed by atoms with Crippen LogP contribution in [0.25, 0.3) is 0 Å². The lowest BCUT2D eigenvalue weighted by Gasteiger charge is -2.22. The number of rotatable bonds is 1. The summed E-state index contributed by atoms with van der Waals surface area (Å²) in [5, 5.41) is 3.17. The maximum Gasteiger partial charge on any atom is 0.225 e. The maximum atomic E-state index is 11.7. The van der Waals surface area contributed by atoms with Gasteiger partial charge in [0.2, 0.25) is 5.91 Å². The average molecular weight is 181 g/mol. The lowest BCUT2D eigenvalue weighted by atomic mass is 9.95. The minimum atomic E-state index is -0.229. The van der Waals surface area contributed by atoms with Crippen LogP contribution in [0.4, 0.5) is 0 Å². The van der Waals surface area contributed by atoms with Gasteiger partial charge in [-0.3, -0.25) is 4.79 Å². The van der Waals surface area contributed by atoms with E-state index in [1.807, 2.05) is 20.8 Å². The van der Waals surface area contributed by atoms with E-state index in [1.54, 1.807) is 0 Å². The molecule has 0 aromatic rings. The minimum absolute atomic E-state index is 0.213. The van der Waals surface area contributed by atoms with Crippen LogP contribution in [0.3, 0.4) is 0 Å². The van der Waals surface area contributed by atoms with Crippen molar-refractivity contribution in [1.29, 1.82) is 0 Å². The molecule has 1 N–H and O–H groups in total. The Bertz CT molecular complexity index is 229. The summed E-state index contributed by atoms with van der Waals surface area (Å²) in [6, 6.07) is 0.497. The van der Waals surface area contributed by atoms with E-state index in [2.05, 4.69) is 5.32 Å². The molecule has 3 atom stereocenters. The second-order valence-electron chi connectivity index (χ2n) is 5.57. The van der Waals surface area contributed by atoms with Gasteiger partial charge in [-0.15, -0.1) is 0 Å². The van der Waals surface area contributed by atoms with E-state index in [-0.39, 0.29) is 11.3 Å². The number of hydrogen-bond acceptors (Lipinski definition) is 1. The van der Waals surface area contributed by atoms with E-state index in [1.165, 1.54) is 19.3 Å². The third-order valence-corrected chi connectivity index (χ3v) is 3.34. The van der Waals surface area contributed by atoms with Crippen molar-refractivity contribution in [1.82, 2.24) is 5.32 Å². The van der Waals surface area contributed by atoms with Crippen molar-refractivity contribution in [2.45, 2.75) is 46.1 Å². The Morgan fingerprint density at radius 2 is 2.00 bits per heavy atom. The van der Waals surface area contributed by atoms with Crippen LogP contribution in [0.5, 0.6) is 0 Å². The molecule has 2 nitrogen and oxygen atoms in total. The van der Waals surface area contributed by atoms with Crippen LogP contribution in [0, 0.1) is 17.3 Å². The molecule has 0 radical (unpaired) electrons. The number of fused-ring (bicyclic) bond motifs is 1. The second kappa shape index (κ2) is 2.73. The molecule has 0 heterocycles. The molecule has 1 amide bonds. The predicted molar refractivity (Wildman–Crippen MR) is 52.2 cm³/mol. The fraction of sp³-hybridized carbons (Fsp3) is 0.909. The van der Waals surface area contributed by atoms with Crippen molar-refractivity contribution in [2.24, 2.45) is 17.3 Å². The van der Waals surface area contributed by atoms with E-state index in [9.17, 15) is 4.79 Å². The molecule has 0 saturated heterocycles. The van der Waals surface area contributed by atoms with Gasteiger partial charge in [0.25, 0.3) is 0 Å². The molecule has 74 valence electrons. The highest BCUT2D eigenvalue weighted by Crippen LogP contribution is 2.51. The number of hydrogen-bond donors (Lipinski definition) is 1. The van der Waals surface area contributed by atoms with Crippen molar-refractivity contribution < 1.29 is 4.79 Å². The van der Waals surface area contributed by atoms with Gasteiger partial charge in [0.15, 0.2) is 0 Å². The topological polar surface area (TPSA) is 29.1 Å². The summed E-state index contributed by atoms with van der Waals surface area (Å²) in [7, 11) is 0. The lowest BCUT2D eigenvalue weighted by molar-refractivity contribution is -0.129.